The Bertz CT molecular complexity index is 521. The molecule has 3 nitrogen and oxygen atoms in total. The third kappa shape index (κ3) is 2.16. The predicted molar refractivity (Wildman–Crippen MR) is 76.8 cm³/mol. The fourth-order valence-corrected chi connectivity index (χ4v) is 3.14. The van der Waals surface area contributed by atoms with Crippen LogP contribution >= 0.6 is 0 Å². The second-order valence-corrected chi connectivity index (χ2v) is 5.33. The zero-order valence-corrected chi connectivity index (χ0v) is 11.9. The molecule has 0 amide bonds. The van der Waals surface area contributed by atoms with Crippen LogP contribution in [0.5, 0.6) is 11.5 Å². The van der Waals surface area contributed by atoms with Gasteiger partial charge in [-0.1, -0.05) is 0 Å². The third-order valence-corrected chi connectivity index (χ3v) is 4.18. The summed E-state index contributed by atoms with van der Waals surface area (Å²) in [6.07, 6.45) is 4.97. The van der Waals surface area contributed by atoms with Crippen LogP contribution in [-0.2, 0) is 0 Å². The van der Waals surface area contributed by atoms with Gasteiger partial charge in [-0.05, 0) is 0 Å². The van der Waals surface area contributed by atoms with Crippen molar-refractivity contribution in [1.82, 2.24) is 4.90 Å². The molecule has 0 N–H and O–H groups in total. The molecule has 1 aliphatic carbocycles. The molecule has 1 heterocycles. The van der Waals surface area contributed by atoms with E-state index in [2.05, 4.69) is 40.8 Å². The van der Waals surface area contributed by atoms with Crippen molar-refractivity contribution in [2.45, 2.75) is 17.4 Å². The SMILES string of the molecule is [Li][CH]1C=C(N2CCCC2)c2cc(OC)c(OC)cc21. The molecular formula is C15H18LiNO2. The summed E-state index contributed by atoms with van der Waals surface area (Å²) in [4.78, 5) is 2.49. The van der Waals surface area contributed by atoms with Crippen LogP contribution in [0.1, 0.15) is 28.6 Å². The van der Waals surface area contributed by atoms with Gasteiger partial charge in [-0.2, -0.15) is 0 Å². The van der Waals surface area contributed by atoms with Crippen LogP contribution in [0, 0.1) is 0 Å². The van der Waals surface area contributed by atoms with Crippen molar-refractivity contribution in [2.75, 3.05) is 27.3 Å². The minimum atomic E-state index is 0.449. The van der Waals surface area contributed by atoms with E-state index < -0.39 is 0 Å². The summed E-state index contributed by atoms with van der Waals surface area (Å²) in [5.41, 5.74) is 4.03. The summed E-state index contributed by atoms with van der Waals surface area (Å²) in [5.74, 6) is 1.64. The van der Waals surface area contributed by atoms with Gasteiger partial charge < -0.3 is 0 Å². The average molecular weight is 251 g/mol. The molecule has 0 aromatic heterocycles. The van der Waals surface area contributed by atoms with E-state index in [-0.39, 0.29) is 0 Å². The summed E-state index contributed by atoms with van der Waals surface area (Å²) >= 11 is 2.24. The van der Waals surface area contributed by atoms with Gasteiger partial charge in [-0.25, -0.2) is 0 Å². The monoisotopic (exact) mass is 251 g/mol. The zero-order valence-electron chi connectivity index (χ0n) is 11.9. The molecule has 1 aromatic carbocycles. The Morgan fingerprint density at radius 3 is 2.37 bits per heavy atom. The van der Waals surface area contributed by atoms with Gasteiger partial charge in [0.2, 0.25) is 0 Å². The first-order valence-corrected chi connectivity index (χ1v) is 6.97. The van der Waals surface area contributed by atoms with Crippen LogP contribution in [0.2, 0.25) is 0 Å². The minimum absolute atomic E-state index is 0.449. The molecule has 0 radical (unpaired) electrons. The Morgan fingerprint density at radius 1 is 1.11 bits per heavy atom. The topological polar surface area (TPSA) is 21.7 Å². The molecule has 1 aliphatic heterocycles. The van der Waals surface area contributed by atoms with E-state index in [4.69, 9.17) is 9.47 Å². The molecule has 1 fully saturated rings. The maximum atomic E-state index is 5.44. The number of fused-ring (bicyclic) bond motifs is 1. The molecule has 1 atom stereocenters. The van der Waals surface area contributed by atoms with Gasteiger partial charge in [0.05, 0.1) is 0 Å². The fraction of sp³-hybridized carbons (Fsp3) is 0.467. The maximum absolute atomic E-state index is 5.44. The van der Waals surface area contributed by atoms with Crippen molar-refractivity contribution in [3.8, 4) is 11.5 Å². The van der Waals surface area contributed by atoms with Crippen LogP contribution < -0.4 is 9.47 Å². The fourth-order valence-electron chi connectivity index (χ4n) is 3.14. The van der Waals surface area contributed by atoms with Crippen LogP contribution in [0.25, 0.3) is 5.70 Å². The quantitative estimate of drug-likeness (QED) is 0.770. The molecular weight excluding hydrogens is 233 g/mol. The van der Waals surface area contributed by atoms with Gasteiger partial charge in [0.1, 0.15) is 0 Å². The second kappa shape index (κ2) is 5.15. The number of hydrogen-bond acceptors (Lipinski definition) is 3. The van der Waals surface area contributed by atoms with Gasteiger partial charge in [-0.3, -0.25) is 0 Å². The number of hydrogen-bond donors (Lipinski definition) is 0. The number of allylic oxidation sites excluding steroid dienone is 1. The van der Waals surface area contributed by atoms with Crippen molar-refractivity contribution in [3.63, 3.8) is 0 Å². The summed E-state index contributed by atoms with van der Waals surface area (Å²) in [6.45, 7) is 2.35. The van der Waals surface area contributed by atoms with E-state index in [1.807, 2.05) is 0 Å². The van der Waals surface area contributed by atoms with E-state index in [0.29, 0.717) is 4.59 Å². The number of nitrogens with zero attached hydrogens (tertiary/aromatic N) is 1. The molecule has 1 aromatic rings. The summed E-state index contributed by atoms with van der Waals surface area (Å²) in [5, 5.41) is 0. The Hall–Kier alpha value is -1.04. The van der Waals surface area contributed by atoms with Crippen molar-refractivity contribution < 1.29 is 9.47 Å². The van der Waals surface area contributed by atoms with Gasteiger partial charge in [-0.15, -0.1) is 0 Å². The van der Waals surface area contributed by atoms with Crippen LogP contribution in [-0.4, -0.2) is 49.9 Å². The van der Waals surface area contributed by atoms with Crippen LogP contribution in [0.4, 0.5) is 0 Å². The molecule has 2 aliphatic rings. The van der Waals surface area contributed by atoms with Gasteiger partial charge in [0.25, 0.3) is 0 Å². The van der Waals surface area contributed by atoms with Gasteiger partial charge >= 0.3 is 123 Å². The molecule has 0 saturated carbocycles. The van der Waals surface area contributed by atoms with E-state index in [1.54, 1.807) is 14.2 Å². The molecule has 19 heavy (non-hydrogen) atoms. The number of benzene rings is 1. The number of likely N-dealkylation sites (tertiary alicyclic amines) is 1. The Labute approximate surface area is 123 Å². The summed E-state index contributed by atoms with van der Waals surface area (Å²) in [7, 11) is 3.39. The van der Waals surface area contributed by atoms with E-state index >= 15 is 0 Å². The normalized spacial score (nSPS) is 21.4. The Balaban J connectivity index is 2.04. The predicted octanol–water partition coefficient (Wildman–Crippen LogP) is 2.36. The summed E-state index contributed by atoms with van der Waals surface area (Å²) < 4.78 is 11.3. The van der Waals surface area contributed by atoms with Crippen molar-refractivity contribution in [3.05, 3.63) is 29.3 Å². The number of ether oxygens (including phenoxy) is 2. The summed E-state index contributed by atoms with van der Waals surface area (Å²) in [6, 6.07) is 4.25. The third-order valence-electron chi connectivity index (χ3n) is 4.18. The van der Waals surface area contributed by atoms with Crippen molar-refractivity contribution in [2.24, 2.45) is 0 Å². The molecule has 3 rings (SSSR count). The zero-order chi connectivity index (χ0) is 13.4. The first-order chi connectivity index (χ1) is 9.24. The molecule has 96 valence electrons. The average Bonchev–Trinajstić information content (AvgIpc) is 3.05. The van der Waals surface area contributed by atoms with Gasteiger partial charge in [0, 0.05) is 0 Å². The number of rotatable bonds is 3. The first kappa shape index (κ1) is 13.0. The second-order valence-electron chi connectivity index (χ2n) is 5.33. The molecule has 4 heteroatoms. The Kier molecular flexibility index (Phi) is 3.51. The van der Waals surface area contributed by atoms with E-state index in [9.17, 15) is 0 Å². The van der Waals surface area contributed by atoms with Crippen LogP contribution in [0.15, 0.2) is 18.2 Å². The van der Waals surface area contributed by atoms with E-state index in [1.165, 1.54) is 42.8 Å². The number of methoxy groups -OCH3 is 2. The molecule has 0 spiro atoms. The molecule has 1 saturated heterocycles. The standard InChI is InChI=1S/C15H18NO2.Li/c1-17-14-9-11-5-6-13(16-7-3-4-8-16)12(11)10-15(14)18-2;/h5-6,9-10H,3-4,7-8H2,1-2H3;. The Morgan fingerprint density at radius 2 is 1.74 bits per heavy atom. The van der Waals surface area contributed by atoms with Crippen molar-refractivity contribution >= 4 is 23.4 Å². The van der Waals surface area contributed by atoms with Crippen molar-refractivity contribution in [1.29, 1.82) is 0 Å². The molecule has 1 unspecified atom stereocenters. The first-order valence-electron chi connectivity index (χ1n) is 6.97. The van der Waals surface area contributed by atoms with Gasteiger partial charge in [0.15, 0.2) is 0 Å². The van der Waals surface area contributed by atoms with E-state index in [0.717, 1.165) is 11.5 Å². The molecule has 0 bridgehead atoms. The van der Waals surface area contributed by atoms with Crippen LogP contribution in [0.3, 0.4) is 0 Å².